The van der Waals surface area contributed by atoms with Crippen molar-refractivity contribution in [3.8, 4) is 33.6 Å². The number of aryl methyl sites for hydroxylation is 1. The number of aromatic nitrogens is 2. The molecular formula is C52H36N2S. The van der Waals surface area contributed by atoms with E-state index in [9.17, 15) is 0 Å². The van der Waals surface area contributed by atoms with Gasteiger partial charge in [0.25, 0.3) is 0 Å². The summed E-state index contributed by atoms with van der Waals surface area (Å²) < 4.78 is 6.19. The van der Waals surface area contributed by atoms with Crippen LogP contribution in [0.5, 0.6) is 0 Å². The molecule has 0 saturated heterocycles. The van der Waals surface area contributed by atoms with Gasteiger partial charge >= 0.3 is 0 Å². The Hall–Kier alpha value is -6.68. The van der Waals surface area contributed by atoms with Crippen molar-refractivity contribution in [2.45, 2.75) is 13.3 Å². The van der Waals surface area contributed by atoms with Crippen molar-refractivity contribution < 1.29 is 0 Å². The average Bonchev–Trinajstić information content (AvgIpc) is 3.99. The maximum absolute atomic E-state index is 2.42. The minimum atomic E-state index is 0.974. The number of hydrogen-bond donors (Lipinski definition) is 0. The third kappa shape index (κ3) is 5.23. The van der Waals surface area contributed by atoms with Crippen molar-refractivity contribution in [3.05, 3.63) is 204 Å². The Labute approximate surface area is 323 Å². The van der Waals surface area contributed by atoms with E-state index in [4.69, 9.17) is 0 Å². The van der Waals surface area contributed by atoms with E-state index in [1.165, 1.54) is 103 Å². The summed E-state index contributed by atoms with van der Waals surface area (Å²) in [6.45, 7) is 2.14. The first kappa shape index (κ1) is 31.8. The largest absolute Gasteiger partial charge is 0.309 e. The van der Waals surface area contributed by atoms with Crippen LogP contribution in [0.25, 0.3) is 87.3 Å². The number of benzene rings is 8. The van der Waals surface area contributed by atoms with Crippen molar-refractivity contribution in [2.75, 3.05) is 0 Å². The number of thiophene rings is 1. The van der Waals surface area contributed by atoms with Gasteiger partial charge in [0.05, 0.1) is 22.1 Å². The quantitative estimate of drug-likeness (QED) is 0.172. The molecule has 3 aromatic heterocycles. The predicted molar refractivity (Wildman–Crippen MR) is 235 cm³/mol. The fourth-order valence-corrected chi connectivity index (χ4v) is 9.72. The summed E-state index contributed by atoms with van der Waals surface area (Å²) in [6.07, 6.45) is 0.974. The van der Waals surface area contributed by atoms with E-state index in [2.05, 4.69) is 204 Å². The lowest BCUT2D eigenvalue weighted by molar-refractivity contribution is 1.17. The van der Waals surface area contributed by atoms with Crippen LogP contribution in [-0.4, -0.2) is 9.13 Å². The number of hydrogen-bond acceptors (Lipinski definition) is 1. The zero-order chi connectivity index (χ0) is 36.5. The van der Waals surface area contributed by atoms with Crippen LogP contribution in [0.1, 0.15) is 16.0 Å². The summed E-state index contributed by atoms with van der Waals surface area (Å²) >= 11 is 1.85. The van der Waals surface area contributed by atoms with E-state index in [1.807, 2.05) is 11.3 Å². The fraction of sp³-hybridized carbons (Fsp3) is 0.0385. The lowest BCUT2D eigenvalue weighted by atomic mass is 9.97. The Morgan fingerprint density at radius 1 is 0.400 bits per heavy atom. The highest BCUT2D eigenvalue weighted by atomic mass is 32.1. The second kappa shape index (κ2) is 12.7. The first-order valence-electron chi connectivity index (χ1n) is 19.0. The van der Waals surface area contributed by atoms with Crippen LogP contribution in [0.2, 0.25) is 0 Å². The van der Waals surface area contributed by atoms with E-state index in [-0.39, 0.29) is 0 Å². The molecule has 3 heteroatoms. The normalized spacial score (nSPS) is 12.0. The maximum Gasteiger partial charge on any atom is 0.0541 e. The third-order valence-corrected chi connectivity index (χ3v) is 12.3. The zero-order valence-corrected chi connectivity index (χ0v) is 31.2. The van der Waals surface area contributed by atoms with Gasteiger partial charge in [-0.3, -0.25) is 0 Å². The minimum absolute atomic E-state index is 0.974. The van der Waals surface area contributed by atoms with Gasteiger partial charge in [0, 0.05) is 42.5 Å². The number of rotatable bonds is 3. The summed E-state index contributed by atoms with van der Waals surface area (Å²) in [5.41, 5.74) is 15.3. The van der Waals surface area contributed by atoms with Crippen LogP contribution in [0, 0.1) is 6.92 Å². The monoisotopic (exact) mass is 720 g/mol. The Balaban J connectivity index is 0.000000306. The molecule has 11 aromatic rings. The molecule has 0 radical (unpaired) electrons. The molecule has 12 rings (SSSR count). The van der Waals surface area contributed by atoms with Gasteiger partial charge in [-0.15, -0.1) is 11.3 Å². The molecule has 55 heavy (non-hydrogen) atoms. The Kier molecular flexibility index (Phi) is 7.36. The topological polar surface area (TPSA) is 9.86 Å². The van der Waals surface area contributed by atoms with Gasteiger partial charge in [0.2, 0.25) is 0 Å². The first-order chi connectivity index (χ1) is 27.2. The van der Waals surface area contributed by atoms with Crippen molar-refractivity contribution in [1.29, 1.82) is 0 Å². The minimum Gasteiger partial charge on any atom is -0.309 e. The standard InChI is InChI=1S/C43H28N2.C9H8S/c1-2-10-32(11-3-1)44-42-17-9-6-14-36(42)39-26-29(21-23-43(39)44)28-18-19-30-24-31-20-22-33(27-38(31)37(30)25-28)45-40-15-7-4-12-34(40)35-13-5-8-16-41(35)45;1-7-6-8-4-2-3-5-9(8)10-7/h1-23,25-27H,24H2;2-6H,1H3. The van der Waals surface area contributed by atoms with Crippen LogP contribution in [0.3, 0.4) is 0 Å². The van der Waals surface area contributed by atoms with Crippen LogP contribution < -0.4 is 0 Å². The second-order valence-corrected chi connectivity index (χ2v) is 15.9. The summed E-state index contributed by atoms with van der Waals surface area (Å²) in [5, 5.41) is 6.51. The molecular weight excluding hydrogens is 685 g/mol. The molecule has 0 saturated carbocycles. The van der Waals surface area contributed by atoms with Gasteiger partial charge in [0.15, 0.2) is 0 Å². The molecule has 0 atom stereocenters. The van der Waals surface area contributed by atoms with Crippen LogP contribution in [-0.2, 0) is 6.42 Å². The Morgan fingerprint density at radius 2 is 0.927 bits per heavy atom. The van der Waals surface area contributed by atoms with E-state index >= 15 is 0 Å². The van der Waals surface area contributed by atoms with Crippen LogP contribution in [0.4, 0.5) is 0 Å². The zero-order valence-electron chi connectivity index (χ0n) is 30.4. The summed E-state index contributed by atoms with van der Waals surface area (Å²) in [4.78, 5) is 1.39. The van der Waals surface area contributed by atoms with Crippen molar-refractivity contribution >= 4 is 65.0 Å². The third-order valence-electron chi connectivity index (χ3n) is 11.3. The molecule has 0 fully saturated rings. The van der Waals surface area contributed by atoms with E-state index in [0.717, 1.165) is 6.42 Å². The highest BCUT2D eigenvalue weighted by Gasteiger charge is 2.22. The molecule has 0 aliphatic heterocycles. The van der Waals surface area contributed by atoms with Crippen molar-refractivity contribution in [3.63, 3.8) is 0 Å². The Bertz CT molecular complexity index is 3160. The van der Waals surface area contributed by atoms with Crippen molar-refractivity contribution in [1.82, 2.24) is 9.13 Å². The van der Waals surface area contributed by atoms with Gasteiger partial charge < -0.3 is 9.13 Å². The van der Waals surface area contributed by atoms with Gasteiger partial charge in [-0.05, 0) is 125 Å². The molecule has 2 nitrogen and oxygen atoms in total. The molecule has 0 N–H and O–H groups in total. The number of fused-ring (bicyclic) bond motifs is 10. The maximum atomic E-state index is 2.42. The van der Waals surface area contributed by atoms with Gasteiger partial charge in [-0.1, -0.05) is 115 Å². The Morgan fingerprint density at radius 3 is 1.64 bits per heavy atom. The highest BCUT2D eigenvalue weighted by molar-refractivity contribution is 7.19. The SMILES string of the molecule is Cc1cc2ccccc2s1.c1ccc(-n2c3ccccc3c3cc(-c4ccc5c(c4)-c4cc(-n6c7ccccc7c7ccccc76)ccc4C5)ccc32)cc1. The second-order valence-electron chi connectivity index (χ2n) is 14.6. The molecule has 260 valence electrons. The summed E-state index contributed by atoms with van der Waals surface area (Å²) in [6, 6.07) is 68.6. The fourth-order valence-electron chi connectivity index (χ4n) is 8.80. The first-order valence-corrected chi connectivity index (χ1v) is 19.8. The number of nitrogens with zero attached hydrogens (tertiary/aromatic N) is 2. The molecule has 0 spiro atoms. The van der Waals surface area contributed by atoms with E-state index in [1.54, 1.807) is 0 Å². The molecule has 0 unspecified atom stereocenters. The van der Waals surface area contributed by atoms with Gasteiger partial charge in [-0.2, -0.15) is 0 Å². The predicted octanol–water partition coefficient (Wildman–Crippen LogP) is 14.3. The molecule has 0 bridgehead atoms. The summed E-state index contributed by atoms with van der Waals surface area (Å²) in [5.74, 6) is 0. The number of para-hydroxylation sites is 4. The van der Waals surface area contributed by atoms with E-state index in [0.29, 0.717) is 0 Å². The molecule has 8 aromatic carbocycles. The molecule has 1 aliphatic rings. The molecule has 1 aliphatic carbocycles. The lowest BCUT2D eigenvalue weighted by Crippen LogP contribution is -1.94. The van der Waals surface area contributed by atoms with Gasteiger partial charge in [0.1, 0.15) is 0 Å². The molecule has 3 heterocycles. The lowest BCUT2D eigenvalue weighted by Gasteiger charge is -2.11. The highest BCUT2D eigenvalue weighted by Crippen LogP contribution is 2.42. The van der Waals surface area contributed by atoms with E-state index < -0.39 is 0 Å². The van der Waals surface area contributed by atoms with Gasteiger partial charge in [-0.25, -0.2) is 0 Å². The molecule has 0 amide bonds. The van der Waals surface area contributed by atoms with Crippen LogP contribution >= 0.6 is 11.3 Å². The van der Waals surface area contributed by atoms with Crippen LogP contribution in [0.15, 0.2) is 188 Å². The smallest absolute Gasteiger partial charge is 0.0541 e. The average molecular weight is 721 g/mol. The van der Waals surface area contributed by atoms with Crippen molar-refractivity contribution in [2.24, 2.45) is 0 Å². The summed E-state index contributed by atoms with van der Waals surface area (Å²) in [7, 11) is 0.